The van der Waals surface area contributed by atoms with Gasteiger partial charge in [-0.15, -0.1) is 12.4 Å². The van der Waals surface area contributed by atoms with Gasteiger partial charge in [0.25, 0.3) is 0 Å². The van der Waals surface area contributed by atoms with Crippen molar-refractivity contribution in [3.63, 3.8) is 0 Å². The van der Waals surface area contributed by atoms with Crippen LogP contribution in [0.3, 0.4) is 0 Å². The van der Waals surface area contributed by atoms with Crippen LogP contribution in [0.1, 0.15) is 5.56 Å². The van der Waals surface area contributed by atoms with Gasteiger partial charge >= 0.3 is 0 Å². The molecular formula is C9H12ClF2NO. The van der Waals surface area contributed by atoms with E-state index in [1.165, 1.54) is 0 Å². The van der Waals surface area contributed by atoms with Gasteiger partial charge in [0.15, 0.2) is 0 Å². The molecule has 80 valence electrons. The van der Waals surface area contributed by atoms with Crippen molar-refractivity contribution in [2.45, 2.75) is 12.5 Å². The summed E-state index contributed by atoms with van der Waals surface area (Å²) in [6.45, 7) is -0.240. The van der Waals surface area contributed by atoms with Crippen LogP contribution in [0.25, 0.3) is 0 Å². The number of aliphatic hydroxyl groups excluding tert-OH is 1. The van der Waals surface area contributed by atoms with Crippen molar-refractivity contribution in [3.05, 3.63) is 35.4 Å². The van der Waals surface area contributed by atoms with Gasteiger partial charge in [-0.1, -0.05) is 0 Å². The van der Waals surface area contributed by atoms with Crippen LogP contribution >= 0.6 is 12.4 Å². The number of nitrogens with two attached hydrogens (primary N) is 1. The monoisotopic (exact) mass is 223 g/mol. The molecule has 1 aromatic carbocycles. The number of aliphatic hydroxyl groups is 1. The predicted octanol–water partition coefficient (Wildman–Crippen LogP) is 1.25. The molecule has 5 heteroatoms. The second kappa shape index (κ2) is 5.90. The summed E-state index contributed by atoms with van der Waals surface area (Å²) in [5.74, 6) is -0.994. The number of hydrogen-bond donors (Lipinski definition) is 2. The Morgan fingerprint density at radius 3 is 2.57 bits per heavy atom. The van der Waals surface area contributed by atoms with E-state index in [0.717, 1.165) is 18.2 Å². The molecule has 0 saturated carbocycles. The van der Waals surface area contributed by atoms with Gasteiger partial charge in [0.2, 0.25) is 0 Å². The summed E-state index contributed by atoms with van der Waals surface area (Å²) >= 11 is 0. The van der Waals surface area contributed by atoms with Crippen molar-refractivity contribution in [2.75, 3.05) is 6.61 Å². The van der Waals surface area contributed by atoms with Gasteiger partial charge in [0.05, 0.1) is 6.61 Å². The zero-order valence-electron chi connectivity index (χ0n) is 7.41. The van der Waals surface area contributed by atoms with Gasteiger partial charge in [0, 0.05) is 6.04 Å². The first-order valence-electron chi connectivity index (χ1n) is 3.94. The van der Waals surface area contributed by atoms with E-state index < -0.39 is 17.7 Å². The summed E-state index contributed by atoms with van der Waals surface area (Å²) < 4.78 is 25.6. The van der Waals surface area contributed by atoms with Crippen LogP contribution in [-0.2, 0) is 6.42 Å². The summed E-state index contributed by atoms with van der Waals surface area (Å²) in [5.41, 5.74) is 5.58. The molecule has 0 amide bonds. The lowest BCUT2D eigenvalue weighted by Gasteiger charge is -2.08. The highest BCUT2D eigenvalue weighted by Gasteiger charge is 2.08. The maximum atomic E-state index is 13.0. The average Bonchev–Trinajstić information content (AvgIpc) is 2.11. The predicted molar refractivity (Wildman–Crippen MR) is 52.4 cm³/mol. The summed E-state index contributed by atoms with van der Waals surface area (Å²) in [6, 6.07) is 2.64. The first kappa shape index (κ1) is 13.3. The molecule has 1 atom stereocenters. The molecule has 3 N–H and O–H groups in total. The molecule has 0 saturated heterocycles. The van der Waals surface area contributed by atoms with E-state index >= 15 is 0 Å². The highest BCUT2D eigenvalue weighted by Crippen LogP contribution is 2.11. The van der Waals surface area contributed by atoms with Gasteiger partial charge in [-0.2, -0.15) is 0 Å². The highest BCUT2D eigenvalue weighted by molar-refractivity contribution is 5.85. The zero-order chi connectivity index (χ0) is 9.84. The lowest BCUT2D eigenvalue weighted by Crippen LogP contribution is -2.27. The summed E-state index contributed by atoms with van der Waals surface area (Å²) in [4.78, 5) is 0. The third-order valence-electron chi connectivity index (χ3n) is 1.72. The molecule has 2 nitrogen and oxygen atoms in total. The summed E-state index contributed by atoms with van der Waals surface area (Å²) in [6.07, 6.45) is 0.139. The van der Waals surface area contributed by atoms with Crippen molar-refractivity contribution in [2.24, 2.45) is 5.73 Å². The minimum Gasteiger partial charge on any atom is -0.395 e. The van der Waals surface area contributed by atoms with Crippen molar-refractivity contribution >= 4 is 12.4 Å². The molecular weight excluding hydrogens is 212 g/mol. The van der Waals surface area contributed by atoms with Crippen LogP contribution in [-0.4, -0.2) is 17.8 Å². The topological polar surface area (TPSA) is 46.2 Å². The number of rotatable bonds is 3. The molecule has 1 unspecified atom stereocenters. The van der Waals surface area contributed by atoms with Gasteiger partial charge in [-0.25, -0.2) is 8.78 Å². The smallest absolute Gasteiger partial charge is 0.126 e. The number of benzene rings is 1. The third kappa shape index (κ3) is 3.57. The van der Waals surface area contributed by atoms with Gasteiger partial charge < -0.3 is 10.8 Å². The SMILES string of the molecule is Cl.NC(CO)Cc1cc(F)ccc1F. The van der Waals surface area contributed by atoms with Crippen LogP contribution in [0.2, 0.25) is 0 Å². The largest absolute Gasteiger partial charge is 0.395 e. The van der Waals surface area contributed by atoms with Crippen LogP contribution in [0.15, 0.2) is 18.2 Å². The van der Waals surface area contributed by atoms with Crippen LogP contribution in [0.5, 0.6) is 0 Å². The Labute approximate surface area is 87.1 Å². The van der Waals surface area contributed by atoms with Crippen molar-refractivity contribution in [1.82, 2.24) is 0 Å². The minimum atomic E-state index is -0.545. The molecule has 0 aliphatic heterocycles. The molecule has 0 bridgehead atoms. The second-order valence-corrected chi connectivity index (χ2v) is 2.88. The molecule has 0 fully saturated rings. The molecule has 0 aliphatic carbocycles. The van der Waals surface area contributed by atoms with E-state index in [9.17, 15) is 8.78 Å². The standard InChI is InChI=1S/C9H11F2NO.ClH/c10-7-1-2-9(11)6(3-7)4-8(12)5-13;/h1-3,8,13H,4-5,12H2;1H. The van der Waals surface area contributed by atoms with Gasteiger partial charge in [0.1, 0.15) is 11.6 Å². The van der Waals surface area contributed by atoms with Crippen molar-refractivity contribution in [1.29, 1.82) is 0 Å². The van der Waals surface area contributed by atoms with E-state index in [1.54, 1.807) is 0 Å². The van der Waals surface area contributed by atoms with E-state index in [4.69, 9.17) is 10.8 Å². The fourth-order valence-electron chi connectivity index (χ4n) is 1.05. The van der Waals surface area contributed by atoms with Crippen LogP contribution in [0.4, 0.5) is 8.78 Å². The van der Waals surface area contributed by atoms with Gasteiger partial charge in [-0.05, 0) is 30.2 Å². The molecule has 0 aromatic heterocycles. The van der Waals surface area contributed by atoms with E-state index in [1.807, 2.05) is 0 Å². The Morgan fingerprint density at radius 2 is 2.00 bits per heavy atom. The second-order valence-electron chi connectivity index (χ2n) is 2.88. The fourth-order valence-corrected chi connectivity index (χ4v) is 1.05. The van der Waals surface area contributed by atoms with Gasteiger partial charge in [-0.3, -0.25) is 0 Å². The maximum Gasteiger partial charge on any atom is 0.126 e. The quantitative estimate of drug-likeness (QED) is 0.810. The number of halogens is 3. The lowest BCUT2D eigenvalue weighted by atomic mass is 10.1. The van der Waals surface area contributed by atoms with E-state index in [-0.39, 0.29) is 31.0 Å². The van der Waals surface area contributed by atoms with Crippen LogP contribution in [0, 0.1) is 11.6 Å². The molecule has 1 aromatic rings. The molecule has 14 heavy (non-hydrogen) atoms. The minimum absolute atomic E-state index is 0. The summed E-state index contributed by atoms with van der Waals surface area (Å²) in [5, 5.41) is 8.62. The zero-order valence-corrected chi connectivity index (χ0v) is 8.23. The Kier molecular flexibility index (Phi) is 5.60. The van der Waals surface area contributed by atoms with Crippen molar-refractivity contribution < 1.29 is 13.9 Å². The Balaban J connectivity index is 0.00000169. The Morgan fingerprint density at radius 1 is 1.36 bits per heavy atom. The molecule has 0 radical (unpaired) electrons. The van der Waals surface area contributed by atoms with E-state index in [2.05, 4.69) is 0 Å². The molecule has 0 spiro atoms. The Hall–Kier alpha value is -0.710. The van der Waals surface area contributed by atoms with Crippen molar-refractivity contribution in [3.8, 4) is 0 Å². The third-order valence-corrected chi connectivity index (χ3v) is 1.72. The number of hydrogen-bond acceptors (Lipinski definition) is 2. The Bertz CT molecular complexity index is 296. The lowest BCUT2D eigenvalue weighted by molar-refractivity contribution is 0.264. The summed E-state index contributed by atoms with van der Waals surface area (Å²) in [7, 11) is 0. The molecule has 1 rings (SSSR count). The normalized spacial score (nSPS) is 12.0. The first-order valence-corrected chi connectivity index (χ1v) is 3.94. The highest BCUT2D eigenvalue weighted by atomic mass is 35.5. The molecule has 0 aliphatic rings. The fraction of sp³-hybridized carbons (Fsp3) is 0.333. The maximum absolute atomic E-state index is 13.0. The van der Waals surface area contributed by atoms with Crippen LogP contribution < -0.4 is 5.73 Å². The molecule has 0 heterocycles. The van der Waals surface area contributed by atoms with E-state index in [0.29, 0.717) is 0 Å². The first-order chi connectivity index (χ1) is 6.13. The average molecular weight is 224 g/mol.